The molecule has 0 aliphatic carbocycles. The molecule has 0 aliphatic heterocycles. The summed E-state index contributed by atoms with van der Waals surface area (Å²) in [6, 6.07) is 12.3. The molecule has 4 heteroatoms. The van der Waals surface area contributed by atoms with Crippen LogP contribution in [0, 0.1) is 5.82 Å². The van der Waals surface area contributed by atoms with E-state index in [0.29, 0.717) is 5.52 Å². The first kappa shape index (κ1) is 13.0. The van der Waals surface area contributed by atoms with Gasteiger partial charge in [-0.05, 0) is 35.4 Å². The molecular weight excluding hydrogens is 273 g/mol. The number of rotatable bonds is 3. The molecule has 0 atom stereocenters. The molecule has 20 heavy (non-hydrogen) atoms. The Morgan fingerprint density at radius 1 is 1.15 bits per heavy atom. The molecule has 1 N–H and O–H groups in total. The first-order valence-electron chi connectivity index (χ1n) is 6.18. The lowest BCUT2D eigenvalue weighted by molar-refractivity contribution is 0.282. The number of hydrogen-bond donors (Lipinski definition) is 1. The summed E-state index contributed by atoms with van der Waals surface area (Å²) >= 11 is 1.52. The molecule has 2 aromatic carbocycles. The molecule has 0 spiro atoms. The predicted molar refractivity (Wildman–Crippen MR) is 80.9 cm³/mol. The third kappa shape index (κ3) is 2.76. The van der Waals surface area contributed by atoms with Crippen molar-refractivity contribution in [1.29, 1.82) is 0 Å². The molecule has 1 heterocycles. The molecule has 3 aromatic rings. The molecule has 0 saturated carbocycles. The molecule has 0 aliphatic rings. The second kappa shape index (κ2) is 5.53. The molecule has 2 nitrogen and oxygen atoms in total. The molecule has 1 aromatic heterocycles. The Kier molecular flexibility index (Phi) is 3.58. The largest absolute Gasteiger partial charge is 0.392 e. The van der Waals surface area contributed by atoms with Crippen LogP contribution < -0.4 is 0 Å². The maximum absolute atomic E-state index is 13.1. The summed E-state index contributed by atoms with van der Waals surface area (Å²) in [4.78, 5) is 4.37. The second-order valence-electron chi connectivity index (χ2n) is 4.40. The highest BCUT2D eigenvalue weighted by Gasteiger charge is 2.02. The quantitative estimate of drug-likeness (QED) is 0.786. The van der Waals surface area contributed by atoms with E-state index in [1.165, 1.54) is 23.5 Å². The maximum atomic E-state index is 13.1. The Balaban J connectivity index is 1.89. The Bertz CT molecular complexity index is 779. The van der Waals surface area contributed by atoms with Crippen LogP contribution in [0.4, 0.5) is 4.39 Å². The third-order valence-corrected chi connectivity index (χ3v) is 3.92. The van der Waals surface area contributed by atoms with Crippen molar-refractivity contribution in [3.05, 3.63) is 64.4 Å². The standard InChI is InChI=1S/C16H12FNOS/c17-13-5-6-15-14(9-13)18-16(20-15)7-4-11-2-1-3-12(8-11)10-19/h1-9,19H,10H2. The first-order chi connectivity index (χ1) is 9.74. The van der Waals surface area contributed by atoms with Gasteiger partial charge in [0.15, 0.2) is 0 Å². The zero-order chi connectivity index (χ0) is 13.9. The van der Waals surface area contributed by atoms with E-state index in [9.17, 15) is 4.39 Å². The monoisotopic (exact) mass is 285 g/mol. The van der Waals surface area contributed by atoms with Gasteiger partial charge in [-0.2, -0.15) is 0 Å². The summed E-state index contributed by atoms with van der Waals surface area (Å²) in [5.41, 5.74) is 2.55. The Labute approximate surface area is 119 Å². The minimum absolute atomic E-state index is 0.0299. The van der Waals surface area contributed by atoms with Crippen LogP contribution in [-0.4, -0.2) is 10.1 Å². The van der Waals surface area contributed by atoms with E-state index < -0.39 is 0 Å². The molecule has 0 amide bonds. The minimum atomic E-state index is -0.269. The number of aliphatic hydroxyl groups is 1. The van der Waals surface area contributed by atoms with Crippen molar-refractivity contribution in [1.82, 2.24) is 4.98 Å². The fraction of sp³-hybridized carbons (Fsp3) is 0.0625. The molecule has 0 radical (unpaired) electrons. The van der Waals surface area contributed by atoms with Gasteiger partial charge in [-0.25, -0.2) is 9.37 Å². The molecule has 0 fully saturated rings. The van der Waals surface area contributed by atoms with Crippen LogP contribution in [0.2, 0.25) is 0 Å². The van der Waals surface area contributed by atoms with Gasteiger partial charge < -0.3 is 5.11 Å². The van der Waals surface area contributed by atoms with E-state index in [-0.39, 0.29) is 12.4 Å². The number of halogens is 1. The lowest BCUT2D eigenvalue weighted by atomic mass is 10.1. The van der Waals surface area contributed by atoms with Crippen molar-refractivity contribution in [2.45, 2.75) is 6.61 Å². The smallest absolute Gasteiger partial charge is 0.125 e. The van der Waals surface area contributed by atoms with Gasteiger partial charge in [0.05, 0.1) is 16.8 Å². The number of fused-ring (bicyclic) bond motifs is 1. The van der Waals surface area contributed by atoms with Crippen LogP contribution in [0.5, 0.6) is 0 Å². The summed E-state index contributed by atoms with van der Waals surface area (Å²) in [6.45, 7) is 0.0299. The molecule has 3 rings (SSSR count). The van der Waals surface area contributed by atoms with Gasteiger partial charge in [-0.15, -0.1) is 11.3 Å². The highest BCUT2D eigenvalue weighted by Crippen LogP contribution is 2.24. The van der Waals surface area contributed by atoms with Crippen LogP contribution in [0.1, 0.15) is 16.1 Å². The average molecular weight is 285 g/mol. The predicted octanol–water partition coefficient (Wildman–Crippen LogP) is 4.10. The number of thiazole rings is 1. The van der Waals surface area contributed by atoms with Crippen molar-refractivity contribution in [2.24, 2.45) is 0 Å². The van der Waals surface area contributed by atoms with E-state index in [1.54, 1.807) is 6.07 Å². The summed E-state index contributed by atoms with van der Waals surface area (Å²) in [5.74, 6) is -0.269. The van der Waals surface area contributed by atoms with Crippen molar-refractivity contribution in [3.63, 3.8) is 0 Å². The van der Waals surface area contributed by atoms with Gasteiger partial charge in [0.2, 0.25) is 0 Å². The fourth-order valence-electron chi connectivity index (χ4n) is 1.95. The molecule has 0 saturated heterocycles. The van der Waals surface area contributed by atoms with Crippen LogP contribution in [0.15, 0.2) is 42.5 Å². The maximum Gasteiger partial charge on any atom is 0.125 e. The van der Waals surface area contributed by atoms with E-state index in [4.69, 9.17) is 5.11 Å². The van der Waals surface area contributed by atoms with E-state index in [1.807, 2.05) is 36.4 Å². The van der Waals surface area contributed by atoms with Crippen molar-refractivity contribution < 1.29 is 9.50 Å². The molecule has 0 unspecified atom stereocenters. The van der Waals surface area contributed by atoms with Crippen LogP contribution in [0.25, 0.3) is 22.4 Å². The lowest BCUT2D eigenvalue weighted by Gasteiger charge is -1.97. The Hall–Kier alpha value is -2.04. The highest BCUT2D eigenvalue weighted by molar-refractivity contribution is 7.19. The molecule has 0 bridgehead atoms. The van der Waals surface area contributed by atoms with Gasteiger partial charge in [0.1, 0.15) is 10.8 Å². The summed E-state index contributed by atoms with van der Waals surface area (Å²) < 4.78 is 14.1. The number of hydrogen-bond acceptors (Lipinski definition) is 3. The molecule has 100 valence electrons. The number of benzene rings is 2. The number of aliphatic hydroxyl groups excluding tert-OH is 1. The topological polar surface area (TPSA) is 33.1 Å². The highest BCUT2D eigenvalue weighted by atomic mass is 32.1. The van der Waals surface area contributed by atoms with Crippen molar-refractivity contribution >= 4 is 33.7 Å². The van der Waals surface area contributed by atoms with E-state index in [0.717, 1.165) is 20.8 Å². The fourth-order valence-corrected chi connectivity index (χ4v) is 2.80. The normalized spacial score (nSPS) is 11.5. The van der Waals surface area contributed by atoms with Crippen molar-refractivity contribution in [3.8, 4) is 0 Å². The number of aromatic nitrogens is 1. The van der Waals surface area contributed by atoms with Gasteiger partial charge in [-0.1, -0.05) is 24.3 Å². The number of nitrogens with zero attached hydrogens (tertiary/aromatic N) is 1. The van der Waals surface area contributed by atoms with Crippen LogP contribution >= 0.6 is 11.3 Å². The van der Waals surface area contributed by atoms with Crippen molar-refractivity contribution in [2.75, 3.05) is 0 Å². The zero-order valence-electron chi connectivity index (χ0n) is 10.6. The average Bonchev–Trinajstić information content (AvgIpc) is 2.87. The van der Waals surface area contributed by atoms with Gasteiger partial charge in [0.25, 0.3) is 0 Å². The third-order valence-electron chi connectivity index (χ3n) is 2.92. The van der Waals surface area contributed by atoms with Crippen LogP contribution in [0.3, 0.4) is 0 Å². The van der Waals surface area contributed by atoms with E-state index in [2.05, 4.69) is 4.98 Å². The Morgan fingerprint density at radius 3 is 2.90 bits per heavy atom. The molecular formula is C16H12FNOS. The summed E-state index contributed by atoms with van der Waals surface area (Å²) in [6.07, 6.45) is 3.84. The SMILES string of the molecule is OCc1cccc(C=Cc2nc3cc(F)ccc3s2)c1. The van der Waals surface area contributed by atoms with Crippen LogP contribution in [-0.2, 0) is 6.61 Å². The van der Waals surface area contributed by atoms with Gasteiger partial charge in [0, 0.05) is 6.07 Å². The lowest BCUT2D eigenvalue weighted by Crippen LogP contribution is -1.82. The van der Waals surface area contributed by atoms with E-state index >= 15 is 0 Å². The second-order valence-corrected chi connectivity index (χ2v) is 5.46. The Morgan fingerprint density at radius 2 is 2.05 bits per heavy atom. The summed E-state index contributed by atoms with van der Waals surface area (Å²) in [7, 11) is 0. The first-order valence-corrected chi connectivity index (χ1v) is 7.00. The zero-order valence-corrected chi connectivity index (χ0v) is 11.4. The van der Waals surface area contributed by atoms with Gasteiger partial charge >= 0.3 is 0 Å². The minimum Gasteiger partial charge on any atom is -0.392 e. The van der Waals surface area contributed by atoms with Gasteiger partial charge in [-0.3, -0.25) is 0 Å². The summed E-state index contributed by atoms with van der Waals surface area (Å²) in [5, 5.41) is 9.93.